The normalized spacial score (nSPS) is 22.2. The molecule has 92 valence electrons. The maximum Gasteiger partial charge on any atom is 0.269 e. The number of non-ortho nitro benzene ring substituents is 1. The summed E-state index contributed by atoms with van der Waals surface area (Å²) in [4.78, 5) is 10.0. The van der Waals surface area contributed by atoms with E-state index in [2.05, 4.69) is 5.32 Å². The largest absolute Gasteiger partial charge is 0.489 e. The number of hydrogen-bond donors (Lipinski definition) is 1. The maximum absolute atomic E-state index is 10.5. The van der Waals surface area contributed by atoms with Gasteiger partial charge in [-0.2, -0.15) is 0 Å². The van der Waals surface area contributed by atoms with Crippen molar-refractivity contribution in [1.29, 1.82) is 0 Å². The minimum atomic E-state index is -0.437. The molecule has 1 unspecified atom stereocenters. The molecule has 1 aliphatic heterocycles. The molecule has 2 rings (SSSR count). The first-order valence-electron chi connectivity index (χ1n) is 5.41. The van der Waals surface area contributed by atoms with Crippen LogP contribution in [0.25, 0.3) is 0 Å². The molecule has 0 amide bonds. The van der Waals surface area contributed by atoms with Crippen LogP contribution in [0, 0.1) is 10.1 Å². The Morgan fingerprint density at radius 3 is 2.65 bits per heavy atom. The van der Waals surface area contributed by atoms with Crippen LogP contribution in [0.4, 0.5) is 5.69 Å². The molecular weight excluding hydrogens is 224 g/mol. The average molecular weight is 238 g/mol. The van der Waals surface area contributed by atoms with E-state index in [0.717, 1.165) is 6.54 Å². The van der Waals surface area contributed by atoms with Crippen molar-refractivity contribution in [1.82, 2.24) is 5.32 Å². The first-order valence-corrected chi connectivity index (χ1v) is 5.41. The van der Waals surface area contributed by atoms with Gasteiger partial charge in [-0.15, -0.1) is 0 Å². The van der Waals surface area contributed by atoms with Crippen LogP contribution in [0.5, 0.6) is 5.75 Å². The van der Waals surface area contributed by atoms with Gasteiger partial charge in [0.15, 0.2) is 5.72 Å². The van der Waals surface area contributed by atoms with E-state index in [1.165, 1.54) is 12.1 Å². The molecule has 0 radical (unpaired) electrons. The number of nitrogens with one attached hydrogen (secondary N) is 1. The molecule has 1 N–H and O–H groups in total. The zero-order valence-electron chi connectivity index (χ0n) is 9.51. The number of epoxide rings is 1. The SMILES string of the molecule is CCNC1(COc2ccc([N+](=O)[O-])cc2)CO1. The third-order valence-corrected chi connectivity index (χ3v) is 2.51. The topological polar surface area (TPSA) is 76.9 Å². The fraction of sp³-hybridized carbons (Fsp3) is 0.455. The number of ether oxygens (including phenoxy) is 2. The Balaban J connectivity index is 1.89. The Labute approximate surface area is 98.7 Å². The van der Waals surface area contributed by atoms with Crippen LogP contribution in [0.15, 0.2) is 24.3 Å². The lowest BCUT2D eigenvalue weighted by Crippen LogP contribution is -2.38. The Bertz CT molecular complexity index is 400. The minimum Gasteiger partial charge on any atom is -0.489 e. The van der Waals surface area contributed by atoms with Crippen LogP contribution in [0.2, 0.25) is 0 Å². The Morgan fingerprint density at radius 2 is 2.18 bits per heavy atom. The van der Waals surface area contributed by atoms with E-state index in [-0.39, 0.29) is 11.4 Å². The number of hydrogen-bond acceptors (Lipinski definition) is 5. The summed E-state index contributed by atoms with van der Waals surface area (Å²) in [7, 11) is 0. The van der Waals surface area contributed by atoms with Gasteiger partial charge in [0, 0.05) is 12.1 Å². The van der Waals surface area contributed by atoms with Gasteiger partial charge in [0.2, 0.25) is 0 Å². The quantitative estimate of drug-likeness (QED) is 0.459. The number of likely N-dealkylation sites (N-methyl/N-ethyl adjacent to an activating group) is 1. The Morgan fingerprint density at radius 1 is 1.53 bits per heavy atom. The van der Waals surface area contributed by atoms with E-state index in [4.69, 9.17) is 9.47 Å². The summed E-state index contributed by atoms with van der Waals surface area (Å²) >= 11 is 0. The summed E-state index contributed by atoms with van der Waals surface area (Å²) in [5, 5.41) is 13.6. The molecular formula is C11H14N2O4. The van der Waals surface area contributed by atoms with E-state index in [1.807, 2.05) is 6.92 Å². The molecule has 1 atom stereocenters. The molecule has 0 aliphatic carbocycles. The number of nitrogens with zero attached hydrogens (tertiary/aromatic N) is 1. The van der Waals surface area contributed by atoms with Gasteiger partial charge in [0.25, 0.3) is 5.69 Å². The van der Waals surface area contributed by atoms with Crippen LogP contribution in [0.3, 0.4) is 0 Å². The van der Waals surface area contributed by atoms with E-state index in [9.17, 15) is 10.1 Å². The van der Waals surface area contributed by atoms with Gasteiger partial charge < -0.3 is 9.47 Å². The van der Waals surface area contributed by atoms with Gasteiger partial charge >= 0.3 is 0 Å². The van der Waals surface area contributed by atoms with Crippen LogP contribution in [-0.2, 0) is 4.74 Å². The van der Waals surface area contributed by atoms with Crippen molar-refractivity contribution < 1.29 is 14.4 Å². The van der Waals surface area contributed by atoms with E-state index < -0.39 is 4.92 Å². The molecule has 0 aromatic heterocycles. The van der Waals surface area contributed by atoms with Crippen molar-refractivity contribution in [2.24, 2.45) is 0 Å². The highest BCUT2D eigenvalue weighted by Crippen LogP contribution is 2.25. The maximum atomic E-state index is 10.5. The summed E-state index contributed by atoms with van der Waals surface area (Å²) < 4.78 is 10.8. The van der Waals surface area contributed by atoms with Crippen molar-refractivity contribution in [2.45, 2.75) is 12.6 Å². The molecule has 6 nitrogen and oxygen atoms in total. The fourth-order valence-electron chi connectivity index (χ4n) is 1.51. The van der Waals surface area contributed by atoms with Crippen LogP contribution in [0.1, 0.15) is 6.92 Å². The molecule has 0 spiro atoms. The summed E-state index contributed by atoms with van der Waals surface area (Å²) in [5.41, 5.74) is -0.308. The number of nitro groups is 1. The van der Waals surface area contributed by atoms with Gasteiger partial charge in [-0.25, -0.2) is 0 Å². The monoisotopic (exact) mass is 238 g/mol. The van der Waals surface area contributed by atoms with Gasteiger partial charge in [0.1, 0.15) is 12.4 Å². The molecule has 1 heterocycles. The smallest absolute Gasteiger partial charge is 0.269 e. The molecule has 1 fully saturated rings. The molecule has 0 saturated carbocycles. The summed E-state index contributed by atoms with van der Waals surface area (Å²) in [5.74, 6) is 0.600. The summed E-state index contributed by atoms with van der Waals surface area (Å²) in [6, 6.07) is 6.01. The van der Waals surface area contributed by atoms with Crippen molar-refractivity contribution in [2.75, 3.05) is 19.8 Å². The first-order chi connectivity index (χ1) is 8.15. The standard InChI is InChI=1S/C11H14N2O4/c1-2-12-11(8-17-11)7-16-10-5-3-9(4-6-10)13(14)15/h3-6,12H,2,7-8H2,1H3. The van der Waals surface area contributed by atoms with Crippen molar-refractivity contribution >= 4 is 5.69 Å². The highest BCUT2D eigenvalue weighted by molar-refractivity contribution is 5.36. The predicted molar refractivity (Wildman–Crippen MR) is 61.0 cm³/mol. The number of nitro benzene ring substituents is 1. The Hall–Kier alpha value is -1.66. The van der Waals surface area contributed by atoms with E-state index >= 15 is 0 Å². The van der Waals surface area contributed by atoms with Gasteiger partial charge in [0.05, 0.1) is 11.5 Å². The molecule has 1 aromatic carbocycles. The zero-order chi connectivity index (χ0) is 12.3. The zero-order valence-corrected chi connectivity index (χ0v) is 9.51. The lowest BCUT2D eigenvalue weighted by molar-refractivity contribution is -0.384. The first kappa shape index (κ1) is 11.8. The van der Waals surface area contributed by atoms with Crippen LogP contribution in [-0.4, -0.2) is 30.4 Å². The highest BCUT2D eigenvalue weighted by Gasteiger charge is 2.45. The van der Waals surface area contributed by atoms with Crippen LogP contribution < -0.4 is 10.1 Å². The molecule has 1 aromatic rings. The minimum absolute atomic E-state index is 0.0569. The lowest BCUT2D eigenvalue weighted by Gasteiger charge is -2.13. The molecule has 6 heteroatoms. The van der Waals surface area contributed by atoms with Crippen molar-refractivity contribution in [3.05, 3.63) is 34.4 Å². The number of rotatable bonds is 6. The second-order valence-electron chi connectivity index (χ2n) is 3.85. The molecule has 1 aliphatic rings. The van der Waals surface area contributed by atoms with Gasteiger partial charge in [-0.05, 0) is 18.7 Å². The lowest BCUT2D eigenvalue weighted by atomic mass is 10.3. The summed E-state index contributed by atoms with van der Waals surface area (Å²) in [6.45, 7) is 3.84. The molecule has 1 saturated heterocycles. The average Bonchev–Trinajstić information content (AvgIpc) is 3.08. The van der Waals surface area contributed by atoms with Gasteiger partial charge in [-0.1, -0.05) is 6.92 Å². The second-order valence-corrected chi connectivity index (χ2v) is 3.85. The summed E-state index contributed by atoms with van der Waals surface area (Å²) in [6.07, 6.45) is 0. The number of benzene rings is 1. The van der Waals surface area contributed by atoms with Crippen molar-refractivity contribution in [3.8, 4) is 5.75 Å². The Kier molecular flexibility index (Phi) is 3.26. The predicted octanol–water partition coefficient (Wildman–Crippen LogP) is 1.31. The molecule has 17 heavy (non-hydrogen) atoms. The van der Waals surface area contributed by atoms with E-state index in [1.54, 1.807) is 12.1 Å². The highest BCUT2D eigenvalue weighted by atomic mass is 16.6. The van der Waals surface area contributed by atoms with E-state index in [0.29, 0.717) is 19.0 Å². The molecule has 0 bridgehead atoms. The van der Waals surface area contributed by atoms with Gasteiger partial charge in [-0.3, -0.25) is 15.4 Å². The second kappa shape index (κ2) is 4.68. The fourth-order valence-corrected chi connectivity index (χ4v) is 1.51. The third kappa shape index (κ3) is 2.92. The van der Waals surface area contributed by atoms with Crippen LogP contribution >= 0.6 is 0 Å². The third-order valence-electron chi connectivity index (χ3n) is 2.51. The van der Waals surface area contributed by atoms with Crippen molar-refractivity contribution in [3.63, 3.8) is 0 Å².